The van der Waals surface area contributed by atoms with Gasteiger partial charge in [0.05, 0.1) is 12.5 Å². The maximum Gasteiger partial charge on any atom is 0.303 e. The van der Waals surface area contributed by atoms with Crippen molar-refractivity contribution in [1.82, 2.24) is 5.32 Å². The van der Waals surface area contributed by atoms with E-state index in [4.69, 9.17) is 10.8 Å². The number of carboxylic acids is 1. The first-order chi connectivity index (χ1) is 8.16. The molecular weight excluding hydrogens is 232 g/mol. The van der Waals surface area contributed by atoms with E-state index in [1.165, 1.54) is 0 Å². The number of aliphatic carboxylic acids is 1. The SMILES string of the molecule is CC(C)(C)[C@H](N)C(=O)NCC1(CC(=O)O)CCC1. The van der Waals surface area contributed by atoms with E-state index in [-0.39, 0.29) is 23.2 Å². The molecule has 0 spiro atoms. The number of nitrogens with two attached hydrogens (primary N) is 1. The smallest absolute Gasteiger partial charge is 0.303 e. The van der Waals surface area contributed by atoms with Crippen molar-refractivity contribution in [3.63, 3.8) is 0 Å². The van der Waals surface area contributed by atoms with Crippen LogP contribution in [-0.4, -0.2) is 29.6 Å². The molecule has 5 heteroatoms. The van der Waals surface area contributed by atoms with Crippen LogP contribution >= 0.6 is 0 Å². The van der Waals surface area contributed by atoms with Gasteiger partial charge in [-0.3, -0.25) is 9.59 Å². The summed E-state index contributed by atoms with van der Waals surface area (Å²) in [6.45, 7) is 6.15. The lowest BCUT2D eigenvalue weighted by Gasteiger charge is -2.41. The van der Waals surface area contributed by atoms with Crippen LogP contribution in [0.4, 0.5) is 0 Å². The molecule has 104 valence electrons. The molecule has 0 saturated heterocycles. The first-order valence-electron chi connectivity index (χ1n) is 6.41. The third kappa shape index (κ3) is 3.70. The van der Waals surface area contributed by atoms with Gasteiger partial charge >= 0.3 is 5.97 Å². The van der Waals surface area contributed by atoms with E-state index in [2.05, 4.69) is 5.32 Å². The van der Waals surface area contributed by atoms with E-state index < -0.39 is 12.0 Å². The Morgan fingerprint density at radius 2 is 1.94 bits per heavy atom. The lowest BCUT2D eigenvalue weighted by atomic mass is 9.66. The predicted octanol–water partition coefficient (Wildman–Crippen LogP) is 1.12. The molecule has 1 rings (SSSR count). The van der Waals surface area contributed by atoms with E-state index in [0.717, 1.165) is 19.3 Å². The normalized spacial score (nSPS) is 19.8. The summed E-state index contributed by atoms with van der Waals surface area (Å²) in [5, 5.41) is 11.7. The number of nitrogens with one attached hydrogen (secondary N) is 1. The molecule has 0 aliphatic heterocycles. The van der Waals surface area contributed by atoms with Crippen molar-refractivity contribution in [2.45, 2.75) is 52.5 Å². The zero-order valence-electron chi connectivity index (χ0n) is 11.5. The highest BCUT2D eigenvalue weighted by molar-refractivity contribution is 5.82. The summed E-state index contributed by atoms with van der Waals surface area (Å²) >= 11 is 0. The van der Waals surface area contributed by atoms with Crippen molar-refractivity contribution >= 4 is 11.9 Å². The van der Waals surface area contributed by atoms with Gasteiger partial charge in [0.1, 0.15) is 0 Å². The summed E-state index contributed by atoms with van der Waals surface area (Å²) in [5.74, 6) is -0.997. The van der Waals surface area contributed by atoms with Crippen LogP contribution in [0.5, 0.6) is 0 Å². The van der Waals surface area contributed by atoms with E-state index >= 15 is 0 Å². The third-order valence-corrected chi connectivity index (χ3v) is 3.79. The number of amides is 1. The molecule has 1 saturated carbocycles. The minimum absolute atomic E-state index is 0.123. The first-order valence-corrected chi connectivity index (χ1v) is 6.41. The summed E-state index contributed by atoms with van der Waals surface area (Å²) in [4.78, 5) is 22.7. The van der Waals surface area contributed by atoms with Crippen molar-refractivity contribution in [2.75, 3.05) is 6.54 Å². The number of hydrogen-bond donors (Lipinski definition) is 3. The maximum absolute atomic E-state index is 11.9. The molecule has 1 aliphatic carbocycles. The molecule has 1 amide bonds. The van der Waals surface area contributed by atoms with Crippen molar-refractivity contribution in [1.29, 1.82) is 0 Å². The number of carboxylic acid groups (broad SMARTS) is 1. The fourth-order valence-electron chi connectivity index (χ4n) is 2.19. The molecule has 0 unspecified atom stereocenters. The first kappa shape index (κ1) is 15.0. The Morgan fingerprint density at radius 1 is 1.39 bits per heavy atom. The number of rotatable bonds is 5. The average molecular weight is 256 g/mol. The van der Waals surface area contributed by atoms with Crippen LogP contribution in [0.15, 0.2) is 0 Å². The van der Waals surface area contributed by atoms with Gasteiger partial charge in [0, 0.05) is 6.54 Å². The van der Waals surface area contributed by atoms with Crippen molar-refractivity contribution in [2.24, 2.45) is 16.6 Å². The molecule has 0 bridgehead atoms. The average Bonchev–Trinajstić information content (AvgIpc) is 2.18. The highest BCUT2D eigenvalue weighted by Crippen LogP contribution is 2.43. The van der Waals surface area contributed by atoms with E-state index in [0.29, 0.717) is 6.54 Å². The second kappa shape index (κ2) is 5.26. The molecule has 0 aromatic heterocycles. The fraction of sp³-hybridized carbons (Fsp3) is 0.846. The molecule has 0 aromatic carbocycles. The molecule has 1 atom stereocenters. The Bertz CT molecular complexity index is 330. The number of carbonyl (C=O) groups is 2. The van der Waals surface area contributed by atoms with Crippen LogP contribution in [0.3, 0.4) is 0 Å². The van der Waals surface area contributed by atoms with Crippen molar-refractivity contribution in [3.8, 4) is 0 Å². The molecule has 0 heterocycles. The molecule has 4 N–H and O–H groups in total. The van der Waals surface area contributed by atoms with Crippen molar-refractivity contribution in [3.05, 3.63) is 0 Å². The van der Waals surface area contributed by atoms with Crippen LogP contribution in [-0.2, 0) is 9.59 Å². The quantitative estimate of drug-likeness (QED) is 0.687. The minimum Gasteiger partial charge on any atom is -0.481 e. The highest BCUT2D eigenvalue weighted by Gasteiger charge is 2.40. The lowest BCUT2D eigenvalue weighted by molar-refractivity contribution is -0.142. The maximum atomic E-state index is 11.9. The van der Waals surface area contributed by atoms with Gasteiger partial charge in [0.25, 0.3) is 0 Å². The monoisotopic (exact) mass is 256 g/mol. The van der Waals surface area contributed by atoms with E-state index in [1.54, 1.807) is 0 Å². The van der Waals surface area contributed by atoms with Crippen molar-refractivity contribution < 1.29 is 14.7 Å². The largest absolute Gasteiger partial charge is 0.481 e. The van der Waals surface area contributed by atoms with Crippen LogP contribution < -0.4 is 11.1 Å². The topological polar surface area (TPSA) is 92.4 Å². The molecule has 5 nitrogen and oxygen atoms in total. The van der Waals surface area contributed by atoms with Gasteiger partial charge in [0.2, 0.25) is 5.91 Å². The summed E-state index contributed by atoms with van der Waals surface area (Å²) in [5.41, 5.74) is 5.32. The summed E-state index contributed by atoms with van der Waals surface area (Å²) in [6, 6.07) is -0.570. The molecule has 0 aromatic rings. The fourth-order valence-corrected chi connectivity index (χ4v) is 2.19. The third-order valence-electron chi connectivity index (χ3n) is 3.79. The minimum atomic E-state index is -0.802. The molecule has 1 fully saturated rings. The Labute approximate surface area is 108 Å². The van der Waals surface area contributed by atoms with Crippen LogP contribution in [0.1, 0.15) is 46.5 Å². The summed E-state index contributed by atoms with van der Waals surface area (Å²) in [7, 11) is 0. The Kier molecular flexibility index (Phi) is 4.37. The van der Waals surface area contributed by atoms with Gasteiger partial charge in [-0.25, -0.2) is 0 Å². The number of hydrogen-bond acceptors (Lipinski definition) is 3. The van der Waals surface area contributed by atoms with Crippen LogP contribution in [0.25, 0.3) is 0 Å². The highest BCUT2D eigenvalue weighted by atomic mass is 16.4. The van der Waals surface area contributed by atoms with Crippen LogP contribution in [0.2, 0.25) is 0 Å². The Balaban J connectivity index is 2.49. The predicted molar refractivity (Wildman–Crippen MR) is 69.0 cm³/mol. The second-order valence-corrected chi connectivity index (χ2v) is 6.49. The van der Waals surface area contributed by atoms with Gasteiger partial charge < -0.3 is 16.2 Å². The molecule has 0 radical (unpaired) electrons. The Morgan fingerprint density at radius 3 is 2.28 bits per heavy atom. The van der Waals surface area contributed by atoms with Gasteiger partial charge in [0.15, 0.2) is 0 Å². The van der Waals surface area contributed by atoms with Crippen LogP contribution in [0, 0.1) is 10.8 Å². The molecular formula is C13H24N2O3. The number of carbonyl (C=O) groups excluding carboxylic acids is 1. The second-order valence-electron chi connectivity index (χ2n) is 6.49. The summed E-state index contributed by atoms with van der Waals surface area (Å²) in [6.07, 6.45) is 2.89. The van der Waals surface area contributed by atoms with Gasteiger partial charge in [-0.15, -0.1) is 0 Å². The van der Waals surface area contributed by atoms with E-state index in [9.17, 15) is 9.59 Å². The zero-order valence-corrected chi connectivity index (χ0v) is 11.5. The molecule has 1 aliphatic rings. The lowest BCUT2D eigenvalue weighted by Crippen LogP contribution is -2.52. The standard InChI is InChI=1S/C13H24N2O3/c1-12(2,3)10(14)11(18)15-8-13(5-4-6-13)7-9(16)17/h10H,4-8,14H2,1-3H3,(H,15,18)(H,16,17)/t10-/m1/s1. The van der Waals surface area contributed by atoms with Gasteiger partial charge in [-0.1, -0.05) is 27.2 Å². The Hall–Kier alpha value is -1.10. The molecule has 18 heavy (non-hydrogen) atoms. The zero-order chi connectivity index (χ0) is 14.0. The summed E-state index contributed by atoms with van der Waals surface area (Å²) < 4.78 is 0. The van der Waals surface area contributed by atoms with Gasteiger partial charge in [-0.05, 0) is 23.7 Å². The van der Waals surface area contributed by atoms with Gasteiger partial charge in [-0.2, -0.15) is 0 Å². The van der Waals surface area contributed by atoms with E-state index in [1.807, 2.05) is 20.8 Å².